The highest BCUT2D eigenvalue weighted by Gasteiger charge is 2.35. The number of nitrogens with zero attached hydrogens (tertiary/aromatic N) is 1. The van der Waals surface area contributed by atoms with Crippen LogP contribution < -0.4 is 5.32 Å². The summed E-state index contributed by atoms with van der Waals surface area (Å²) in [5.74, 6) is -4.11. The lowest BCUT2D eigenvalue weighted by atomic mass is 10.0. The number of nitrogens with one attached hydrogen (secondary N) is 1. The lowest BCUT2D eigenvalue weighted by Crippen LogP contribution is -2.54. The lowest BCUT2D eigenvalue weighted by molar-refractivity contribution is -0.156. The fraction of sp³-hybridized carbons (Fsp3) is 0.667. The third kappa shape index (κ3) is 4.22. The first-order valence-corrected chi connectivity index (χ1v) is 6.39. The largest absolute Gasteiger partial charge is 0.481 e. The Morgan fingerprint density at radius 1 is 1.25 bits per heavy atom. The van der Waals surface area contributed by atoms with E-state index in [2.05, 4.69) is 5.32 Å². The van der Waals surface area contributed by atoms with Crippen molar-refractivity contribution >= 4 is 23.8 Å². The molecule has 0 spiro atoms. The molecule has 2 amide bonds. The van der Waals surface area contributed by atoms with Crippen LogP contribution in [0.15, 0.2) is 0 Å². The van der Waals surface area contributed by atoms with Gasteiger partial charge in [0.2, 0.25) is 0 Å². The van der Waals surface area contributed by atoms with Crippen molar-refractivity contribution in [1.29, 1.82) is 0 Å². The highest BCUT2D eigenvalue weighted by Crippen LogP contribution is 2.17. The van der Waals surface area contributed by atoms with Gasteiger partial charge in [-0.1, -0.05) is 0 Å². The van der Waals surface area contributed by atoms with Crippen molar-refractivity contribution in [1.82, 2.24) is 10.2 Å². The summed E-state index contributed by atoms with van der Waals surface area (Å²) in [5.41, 5.74) is 0. The number of hydrogen-bond acceptors (Lipinski definition) is 4. The fourth-order valence-electron chi connectivity index (χ4n) is 2.16. The maximum Gasteiger partial charge on any atom is 0.326 e. The number of piperidine rings is 1. The van der Waals surface area contributed by atoms with Crippen LogP contribution in [0.25, 0.3) is 0 Å². The Morgan fingerprint density at radius 2 is 1.90 bits per heavy atom. The van der Waals surface area contributed by atoms with E-state index in [0.29, 0.717) is 19.3 Å². The Bertz CT molecular complexity index is 422. The summed E-state index contributed by atoms with van der Waals surface area (Å²) < 4.78 is 0. The number of likely N-dealkylation sites (tertiary alicyclic amines) is 1. The quantitative estimate of drug-likeness (QED) is 0.595. The van der Waals surface area contributed by atoms with Gasteiger partial charge < -0.3 is 20.4 Å². The second-order valence-corrected chi connectivity index (χ2v) is 4.82. The predicted octanol–water partition coefficient (Wildman–Crippen LogP) is -0.568. The summed E-state index contributed by atoms with van der Waals surface area (Å²) >= 11 is 0. The molecule has 8 nitrogen and oxygen atoms in total. The second kappa shape index (κ2) is 6.88. The van der Waals surface area contributed by atoms with Gasteiger partial charge in [-0.2, -0.15) is 0 Å². The molecule has 1 aliphatic heterocycles. The third-order valence-corrected chi connectivity index (χ3v) is 3.10. The van der Waals surface area contributed by atoms with Crippen molar-refractivity contribution in [2.45, 2.75) is 44.7 Å². The maximum atomic E-state index is 11.9. The van der Waals surface area contributed by atoms with Crippen LogP contribution in [0.4, 0.5) is 0 Å². The first-order valence-electron chi connectivity index (χ1n) is 6.39. The molecule has 20 heavy (non-hydrogen) atoms. The zero-order valence-corrected chi connectivity index (χ0v) is 11.2. The second-order valence-electron chi connectivity index (χ2n) is 4.82. The molecule has 1 heterocycles. The van der Waals surface area contributed by atoms with E-state index in [-0.39, 0.29) is 13.0 Å². The van der Waals surface area contributed by atoms with Crippen molar-refractivity contribution in [2.75, 3.05) is 6.54 Å². The van der Waals surface area contributed by atoms with Crippen molar-refractivity contribution in [3.05, 3.63) is 0 Å². The third-order valence-electron chi connectivity index (χ3n) is 3.10. The minimum Gasteiger partial charge on any atom is -0.481 e. The number of hydrogen-bond donors (Lipinski definition) is 3. The summed E-state index contributed by atoms with van der Waals surface area (Å²) in [6, 6.07) is -1.69. The summed E-state index contributed by atoms with van der Waals surface area (Å²) in [6.45, 7) is 1.68. The number of carboxylic acids is 2. The molecule has 1 fully saturated rings. The summed E-state index contributed by atoms with van der Waals surface area (Å²) in [5, 5.41) is 19.9. The number of rotatable bonds is 4. The van der Waals surface area contributed by atoms with Crippen LogP contribution in [0, 0.1) is 0 Å². The fourth-order valence-corrected chi connectivity index (χ4v) is 2.16. The van der Waals surface area contributed by atoms with E-state index in [9.17, 15) is 19.2 Å². The van der Waals surface area contributed by atoms with Crippen LogP contribution in [-0.2, 0) is 19.2 Å². The van der Waals surface area contributed by atoms with E-state index in [1.54, 1.807) is 0 Å². The molecule has 1 rings (SSSR count). The minimum atomic E-state index is -1.13. The van der Waals surface area contributed by atoms with E-state index in [0.717, 1.165) is 4.90 Å². The smallest absolute Gasteiger partial charge is 0.326 e. The Morgan fingerprint density at radius 3 is 2.45 bits per heavy atom. The normalized spacial score (nSPS) is 20.1. The van der Waals surface area contributed by atoms with Gasteiger partial charge in [0.1, 0.15) is 6.04 Å². The number of carbonyl (C=O) groups is 4. The van der Waals surface area contributed by atoms with Crippen LogP contribution in [-0.4, -0.2) is 57.5 Å². The Labute approximate surface area is 115 Å². The average molecular weight is 286 g/mol. The number of aliphatic carboxylic acids is 2. The predicted molar refractivity (Wildman–Crippen MR) is 66.8 cm³/mol. The number of amides is 2. The molecular weight excluding hydrogens is 268 g/mol. The number of carboxylic acid groups (broad SMARTS) is 2. The van der Waals surface area contributed by atoms with Crippen LogP contribution in [0.2, 0.25) is 0 Å². The highest BCUT2D eigenvalue weighted by molar-refractivity contribution is 6.35. The molecule has 0 aliphatic carbocycles. The van der Waals surface area contributed by atoms with Gasteiger partial charge in [0.25, 0.3) is 0 Å². The summed E-state index contributed by atoms with van der Waals surface area (Å²) in [4.78, 5) is 46.2. The van der Waals surface area contributed by atoms with Crippen LogP contribution in [0.1, 0.15) is 32.6 Å². The number of carbonyl (C=O) groups excluding carboxylic acids is 2. The van der Waals surface area contributed by atoms with Crippen molar-refractivity contribution in [3.63, 3.8) is 0 Å². The van der Waals surface area contributed by atoms with E-state index in [1.807, 2.05) is 0 Å². The molecule has 2 atom stereocenters. The molecule has 1 unspecified atom stereocenters. The monoisotopic (exact) mass is 286 g/mol. The minimum absolute atomic E-state index is 0.219. The van der Waals surface area contributed by atoms with Crippen LogP contribution in [0.3, 0.4) is 0 Å². The molecule has 112 valence electrons. The van der Waals surface area contributed by atoms with Crippen LogP contribution in [0.5, 0.6) is 0 Å². The average Bonchev–Trinajstić information content (AvgIpc) is 2.36. The SMILES string of the molecule is CC(CC(=O)O)NC(=O)C(=O)N1CCCC[C@H]1C(=O)O. The molecule has 8 heteroatoms. The lowest BCUT2D eigenvalue weighted by Gasteiger charge is -2.32. The zero-order chi connectivity index (χ0) is 15.3. The van der Waals surface area contributed by atoms with Crippen molar-refractivity contribution in [2.24, 2.45) is 0 Å². The Hall–Kier alpha value is -2.12. The van der Waals surface area contributed by atoms with Gasteiger partial charge in [-0.15, -0.1) is 0 Å². The van der Waals surface area contributed by atoms with Gasteiger partial charge in [-0.25, -0.2) is 4.79 Å². The molecular formula is C12H18N2O6. The molecule has 1 aliphatic rings. The van der Waals surface area contributed by atoms with E-state index < -0.39 is 35.8 Å². The zero-order valence-electron chi connectivity index (χ0n) is 11.2. The molecule has 3 N–H and O–H groups in total. The Kier molecular flexibility index (Phi) is 5.48. The standard InChI is InChI=1S/C12H18N2O6/c1-7(6-9(15)16)13-10(17)11(18)14-5-3-2-4-8(14)12(19)20/h7-8H,2-6H2,1H3,(H,13,17)(H,15,16)(H,19,20)/t7?,8-/m0/s1. The molecule has 0 aromatic heterocycles. The first kappa shape index (κ1) is 15.9. The molecule has 0 saturated carbocycles. The van der Waals surface area contributed by atoms with E-state index in [1.165, 1.54) is 6.92 Å². The van der Waals surface area contributed by atoms with Gasteiger partial charge in [0.05, 0.1) is 6.42 Å². The molecule has 1 saturated heterocycles. The summed E-state index contributed by atoms with van der Waals surface area (Å²) in [6.07, 6.45) is 1.35. The van der Waals surface area contributed by atoms with Crippen LogP contribution >= 0.6 is 0 Å². The van der Waals surface area contributed by atoms with Gasteiger partial charge >= 0.3 is 23.8 Å². The van der Waals surface area contributed by atoms with Gasteiger partial charge in [0.15, 0.2) is 0 Å². The molecule has 0 aromatic rings. The molecule has 0 aromatic carbocycles. The first-order chi connectivity index (χ1) is 9.32. The van der Waals surface area contributed by atoms with E-state index in [4.69, 9.17) is 10.2 Å². The molecule has 0 radical (unpaired) electrons. The topological polar surface area (TPSA) is 124 Å². The Balaban J connectivity index is 2.65. The summed E-state index contributed by atoms with van der Waals surface area (Å²) in [7, 11) is 0. The maximum absolute atomic E-state index is 11.9. The van der Waals surface area contributed by atoms with Crippen molar-refractivity contribution < 1.29 is 29.4 Å². The highest BCUT2D eigenvalue weighted by atomic mass is 16.4. The van der Waals surface area contributed by atoms with Gasteiger partial charge in [-0.3, -0.25) is 14.4 Å². The molecule has 0 bridgehead atoms. The van der Waals surface area contributed by atoms with Gasteiger partial charge in [0, 0.05) is 12.6 Å². The van der Waals surface area contributed by atoms with Crippen molar-refractivity contribution in [3.8, 4) is 0 Å². The van der Waals surface area contributed by atoms with E-state index >= 15 is 0 Å². The van der Waals surface area contributed by atoms with Gasteiger partial charge in [-0.05, 0) is 26.2 Å².